The molecular formula is C45H27N3OS. The highest BCUT2D eigenvalue weighted by molar-refractivity contribution is 7.25. The highest BCUT2D eigenvalue weighted by atomic mass is 32.1. The Balaban J connectivity index is 1.16. The molecule has 3 heterocycles. The van der Waals surface area contributed by atoms with Crippen molar-refractivity contribution in [2.45, 2.75) is 0 Å². The highest BCUT2D eigenvalue weighted by Crippen LogP contribution is 2.38. The van der Waals surface area contributed by atoms with Gasteiger partial charge in [0.25, 0.3) is 0 Å². The lowest BCUT2D eigenvalue weighted by molar-refractivity contribution is 0.669. The Morgan fingerprint density at radius 2 is 1.12 bits per heavy atom. The Bertz CT molecular complexity index is 3270. The number of nitrogens with zero attached hydrogens (tertiary/aromatic N) is 3. The molecule has 3 aromatic heterocycles. The number of benzene rings is 7. The van der Waals surface area contributed by atoms with Crippen LogP contribution in [0.15, 0.2) is 168 Å². The molecule has 5 heteroatoms. The molecule has 0 radical (unpaired) electrons. The van der Waals surface area contributed by atoms with E-state index in [4.69, 9.17) is 27.6 Å². The van der Waals surface area contributed by atoms with Gasteiger partial charge in [0.05, 0.1) is 15.2 Å². The third-order valence-electron chi connectivity index (χ3n) is 8.83. The summed E-state index contributed by atoms with van der Waals surface area (Å²) in [5, 5.41) is 2.26. The van der Waals surface area contributed by atoms with Crippen molar-refractivity contribution in [1.82, 2.24) is 15.0 Å². The smallest absolute Gasteiger partial charge is 0.167 e. The van der Waals surface area contributed by atoms with E-state index < -0.39 is 6.04 Å². The van der Waals surface area contributed by atoms with Crippen LogP contribution >= 0.6 is 11.3 Å². The lowest BCUT2D eigenvalue weighted by atomic mass is 10.0. The fraction of sp³-hybridized carbons (Fsp3) is 0. The maximum Gasteiger partial charge on any atom is 0.167 e. The molecule has 234 valence electrons. The molecule has 0 saturated carbocycles. The van der Waals surface area contributed by atoms with Crippen LogP contribution in [0.4, 0.5) is 0 Å². The third kappa shape index (κ3) is 4.87. The Kier molecular flexibility index (Phi) is 5.17. The molecule has 0 aliphatic rings. The van der Waals surface area contributed by atoms with Crippen LogP contribution in [0, 0.1) is 0 Å². The molecular weight excluding hydrogens is 631 g/mol. The maximum absolute atomic E-state index is 9.30. The van der Waals surface area contributed by atoms with Gasteiger partial charge in [-0.25, -0.2) is 15.0 Å². The van der Waals surface area contributed by atoms with Crippen molar-refractivity contribution in [3.63, 3.8) is 0 Å². The van der Waals surface area contributed by atoms with E-state index in [1.54, 1.807) is 18.2 Å². The van der Waals surface area contributed by atoms with Gasteiger partial charge in [-0.2, -0.15) is 0 Å². The summed E-state index contributed by atoms with van der Waals surface area (Å²) in [5.74, 6) is 1.20. The summed E-state index contributed by atoms with van der Waals surface area (Å²) in [5.41, 5.74) is 6.29. The van der Waals surface area contributed by atoms with Crippen LogP contribution in [0.5, 0.6) is 0 Å². The van der Waals surface area contributed by atoms with E-state index >= 15 is 0 Å². The quantitative estimate of drug-likeness (QED) is 0.184. The monoisotopic (exact) mass is 664 g/mol. The van der Waals surface area contributed by atoms with Crippen molar-refractivity contribution in [2.75, 3.05) is 0 Å². The Labute approximate surface area is 301 Å². The van der Waals surface area contributed by atoms with Gasteiger partial charge in [-0.1, -0.05) is 133 Å². The molecule has 0 bridgehead atoms. The van der Waals surface area contributed by atoms with Gasteiger partial charge in [-0.05, 0) is 52.5 Å². The van der Waals surface area contributed by atoms with Gasteiger partial charge in [0.15, 0.2) is 17.5 Å². The number of aromatic nitrogens is 3. The molecule has 10 rings (SSSR count). The molecule has 0 spiro atoms. The van der Waals surface area contributed by atoms with Crippen molar-refractivity contribution in [2.24, 2.45) is 0 Å². The highest BCUT2D eigenvalue weighted by Gasteiger charge is 2.18. The number of furan rings is 1. The van der Waals surface area contributed by atoms with Gasteiger partial charge in [-0.15, -0.1) is 11.3 Å². The summed E-state index contributed by atoms with van der Waals surface area (Å²) < 4.78 is 67.9. The fourth-order valence-corrected chi connectivity index (χ4v) is 7.35. The van der Waals surface area contributed by atoms with E-state index in [0.29, 0.717) is 44.4 Å². The van der Waals surface area contributed by atoms with E-state index in [1.807, 2.05) is 91.0 Å². The third-order valence-corrected chi connectivity index (χ3v) is 9.85. The normalized spacial score (nSPS) is 13.6. The van der Waals surface area contributed by atoms with Crippen molar-refractivity contribution in [3.05, 3.63) is 164 Å². The first-order valence-electron chi connectivity index (χ1n) is 19.5. The summed E-state index contributed by atoms with van der Waals surface area (Å²) >= 11 is 1.04. The molecule has 0 unspecified atom stereocenters. The molecule has 0 amide bonds. The fourth-order valence-electron chi connectivity index (χ4n) is 6.38. The van der Waals surface area contributed by atoms with E-state index in [-0.39, 0.29) is 57.3 Å². The van der Waals surface area contributed by atoms with Crippen molar-refractivity contribution in [1.29, 1.82) is 0 Å². The zero-order valence-electron chi connectivity index (χ0n) is 33.2. The van der Waals surface area contributed by atoms with Crippen LogP contribution < -0.4 is 0 Å². The molecule has 7 aromatic carbocycles. The summed E-state index contributed by atoms with van der Waals surface area (Å²) in [6, 6.07) is 37.3. The second-order valence-corrected chi connectivity index (χ2v) is 12.9. The van der Waals surface area contributed by atoms with Gasteiger partial charge in [0.2, 0.25) is 0 Å². The lowest BCUT2D eigenvalue weighted by Crippen LogP contribution is -2.00. The molecule has 0 aliphatic heterocycles. The zero-order valence-corrected chi connectivity index (χ0v) is 27.0. The van der Waals surface area contributed by atoms with Crippen LogP contribution in [0.2, 0.25) is 0 Å². The summed E-state index contributed by atoms with van der Waals surface area (Å²) in [6.45, 7) is 0. The molecule has 0 fully saturated rings. The van der Waals surface area contributed by atoms with Gasteiger partial charge in [-0.3, -0.25) is 0 Å². The summed E-state index contributed by atoms with van der Waals surface area (Å²) in [4.78, 5) is 15.0. The van der Waals surface area contributed by atoms with Crippen LogP contribution in [0.3, 0.4) is 0 Å². The van der Waals surface area contributed by atoms with Gasteiger partial charge < -0.3 is 4.42 Å². The zero-order chi connectivity index (χ0) is 39.1. The second kappa shape index (κ2) is 11.6. The van der Waals surface area contributed by atoms with Gasteiger partial charge >= 0.3 is 0 Å². The topological polar surface area (TPSA) is 51.8 Å². The predicted octanol–water partition coefficient (Wildman–Crippen LogP) is 12.5. The van der Waals surface area contributed by atoms with E-state index in [9.17, 15) is 1.37 Å². The van der Waals surface area contributed by atoms with E-state index in [0.717, 1.165) is 44.4 Å². The average Bonchev–Trinajstić information content (AvgIpc) is 3.85. The summed E-state index contributed by atoms with van der Waals surface area (Å²) in [7, 11) is 0. The number of thiophene rings is 1. The first-order chi connectivity index (χ1) is 27.7. The Morgan fingerprint density at radius 3 is 2.02 bits per heavy atom. The van der Waals surface area contributed by atoms with Crippen LogP contribution in [0.1, 0.15) is 9.60 Å². The van der Waals surface area contributed by atoms with Crippen LogP contribution in [0.25, 0.3) is 98.5 Å². The number of hydrogen-bond acceptors (Lipinski definition) is 5. The molecule has 10 aromatic rings. The standard InChI is InChI=1S/C45H27N3OS/c1-2-10-28(11-3-1)29-20-22-30(23-21-29)43-46-44(48-45(47-43)38-17-9-16-37-34-14-4-6-18-39(34)49-42(37)38)33-13-8-12-31(26-33)32-24-25-36-35-15-5-7-19-40(35)50-41(36)27-32/h1-27H/i5D,7D,15D,19D,24D,25D,27D. The van der Waals surface area contributed by atoms with Crippen LogP contribution in [-0.2, 0) is 0 Å². The molecule has 0 saturated heterocycles. The molecule has 0 N–H and O–H groups in total. The number of hydrogen-bond donors (Lipinski definition) is 0. The Hall–Kier alpha value is -6.43. The minimum Gasteiger partial charge on any atom is -0.455 e. The number of para-hydroxylation sites is 2. The number of fused-ring (bicyclic) bond motifs is 6. The van der Waals surface area contributed by atoms with Gasteiger partial charge in [0, 0.05) is 42.1 Å². The SMILES string of the molecule is [2H]c1c([2H])c([2H])c2c(sc3c([2H])c(-c4cccc(-c5nc(-c6ccc(-c7ccccc7)cc6)nc(-c6cccc7c6oc6ccccc67)n5)c4)c([2H])c([2H])c32)c1[2H]. The predicted molar refractivity (Wildman–Crippen MR) is 207 cm³/mol. The molecule has 0 aliphatic carbocycles. The van der Waals surface area contributed by atoms with Crippen molar-refractivity contribution >= 4 is 53.4 Å². The number of rotatable bonds is 5. The molecule has 4 nitrogen and oxygen atoms in total. The van der Waals surface area contributed by atoms with E-state index in [1.165, 1.54) is 0 Å². The van der Waals surface area contributed by atoms with Crippen molar-refractivity contribution in [3.8, 4) is 56.4 Å². The summed E-state index contributed by atoms with van der Waals surface area (Å²) in [6.07, 6.45) is 0. The Morgan fingerprint density at radius 1 is 0.460 bits per heavy atom. The first-order valence-corrected chi connectivity index (χ1v) is 16.8. The van der Waals surface area contributed by atoms with E-state index in [2.05, 4.69) is 12.1 Å². The molecule has 50 heavy (non-hydrogen) atoms. The minimum atomic E-state index is -0.416. The van der Waals surface area contributed by atoms with Gasteiger partial charge in [0.1, 0.15) is 11.2 Å². The second-order valence-electron chi connectivity index (χ2n) is 11.9. The molecule has 0 atom stereocenters. The largest absolute Gasteiger partial charge is 0.455 e. The lowest BCUT2D eigenvalue weighted by Gasteiger charge is -2.10. The first kappa shape index (κ1) is 22.3. The minimum absolute atomic E-state index is 0.0340. The maximum atomic E-state index is 9.30. The van der Waals surface area contributed by atoms with Crippen molar-refractivity contribution < 1.29 is 14.0 Å². The average molecular weight is 665 g/mol. The van der Waals surface area contributed by atoms with Crippen LogP contribution in [-0.4, -0.2) is 15.0 Å².